The van der Waals surface area contributed by atoms with Crippen LogP contribution in [0.2, 0.25) is 10.0 Å². The molecule has 2 N–H and O–H groups in total. The average molecular weight is 377 g/mol. The molecule has 2 aromatic rings. The Bertz CT molecular complexity index is 752. The van der Waals surface area contributed by atoms with Gasteiger partial charge in [-0.25, -0.2) is 4.98 Å². The number of halogens is 2. The zero-order valence-corrected chi connectivity index (χ0v) is 15.6. The van der Waals surface area contributed by atoms with E-state index in [9.17, 15) is 0 Å². The fraction of sp³-hybridized carbons (Fsp3) is 0.474. The Labute approximate surface area is 158 Å². The molecular weight excluding hydrogens is 355 g/mol. The summed E-state index contributed by atoms with van der Waals surface area (Å²) in [5, 5.41) is 8.14. The van der Waals surface area contributed by atoms with Gasteiger partial charge in [-0.05, 0) is 50.3 Å². The van der Waals surface area contributed by atoms with Crippen molar-refractivity contribution in [2.45, 2.75) is 57.4 Å². The second-order valence-electron chi connectivity index (χ2n) is 6.94. The van der Waals surface area contributed by atoms with Gasteiger partial charge in [0.1, 0.15) is 5.82 Å². The van der Waals surface area contributed by atoms with Gasteiger partial charge in [0.05, 0.1) is 5.69 Å². The molecule has 0 aliphatic heterocycles. The monoisotopic (exact) mass is 376 g/mol. The second-order valence-corrected chi connectivity index (χ2v) is 7.81. The van der Waals surface area contributed by atoms with Crippen molar-refractivity contribution in [3.63, 3.8) is 0 Å². The van der Waals surface area contributed by atoms with Crippen molar-refractivity contribution < 1.29 is 0 Å². The third kappa shape index (κ3) is 4.01. The molecule has 0 bridgehead atoms. The zero-order valence-electron chi connectivity index (χ0n) is 14.1. The molecule has 0 atom stereocenters. The van der Waals surface area contributed by atoms with Gasteiger partial charge >= 0.3 is 0 Å². The molecule has 132 valence electrons. The van der Waals surface area contributed by atoms with E-state index in [0.29, 0.717) is 22.0 Å². The fourth-order valence-electron chi connectivity index (χ4n) is 3.80. The van der Waals surface area contributed by atoms with Gasteiger partial charge in [0, 0.05) is 27.3 Å². The molecule has 0 amide bonds. The first kappa shape index (κ1) is 16.9. The summed E-state index contributed by atoms with van der Waals surface area (Å²) in [7, 11) is 0. The van der Waals surface area contributed by atoms with Crippen LogP contribution < -0.4 is 10.6 Å². The Kier molecular flexibility index (Phi) is 5.00. The predicted molar refractivity (Wildman–Crippen MR) is 104 cm³/mol. The number of nitrogens with zero attached hydrogens (tertiary/aromatic N) is 2. The van der Waals surface area contributed by atoms with E-state index in [1.807, 2.05) is 12.1 Å². The lowest BCUT2D eigenvalue weighted by atomic mass is 9.95. The summed E-state index contributed by atoms with van der Waals surface area (Å²) in [6.07, 6.45) is 9.64. The molecule has 0 saturated heterocycles. The predicted octanol–water partition coefficient (Wildman–Crippen LogP) is 5.76. The molecule has 1 saturated carbocycles. The van der Waals surface area contributed by atoms with Crippen molar-refractivity contribution in [1.29, 1.82) is 0 Å². The summed E-state index contributed by atoms with van der Waals surface area (Å²) in [4.78, 5) is 9.49. The Morgan fingerprint density at radius 1 is 0.880 bits per heavy atom. The number of benzene rings is 1. The standard InChI is InChI=1S/C19H22Cl2N4/c20-12-9-13(21)11-15(10-12)23-19-24-17-8-4-7-16(17)18(25-19)22-14-5-2-1-3-6-14/h9-11,14H,1-8H2,(H2,22,23,24,25). The number of anilines is 3. The van der Waals surface area contributed by atoms with E-state index in [-0.39, 0.29) is 0 Å². The topological polar surface area (TPSA) is 49.8 Å². The van der Waals surface area contributed by atoms with E-state index in [2.05, 4.69) is 10.6 Å². The molecular formula is C19H22Cl2N4. The molecule has 25 heavy (non-hydrogen) atoms. The van der Waals surface area contributed by atoms with Crippen molar-refractivity contribution in [1.82, 2.24) is 9.97 Å². The lowest BCUT2D eigenvalue weighted by Crippen LogP contribution is -2.24. The van der Waals surface area contributed by atoms with Crippen LogP contribution in [0.4, 0.5) is 17.5 Å². The summed E-state index contributed by atoms with van der Waals surface area (Å²) in [6.45, 7) is 0. The van der Waals surface area contributed by atoms with Crippen molar-refractivity contribution >= 4 is 40.7 Å². The maximum absolute atomic E-state index is 6.09. The number of aromatic nitrogens is 2. The molecule has 2 aliphatic carbocycles. The number of aryl methyl sites for hydroxylation is 1. The maximum atomic E-state index is 6.09. The van der Waals surface area contributed by atoms with Gasteiger partial charge in [0.25, 0.3) is 0 Å². The Hall–Kier alpha value is -1.52. The quantitative estimate of drug-likeness (QED) is 0.711. The van der Waals surface area contributed by atoms with Gasteiger partial charge in [0.15, 0.2) is 0 Å². The summed E-state index contributed by atoms with van der Waals surface area (Å²) >= 11 is 12.2. The maximum Gasteiger partial charge on any atom is 0.229 e. The molecule has 0 radical (unpaired) electrons. The second kappa shape index (κ2) is 7.38. The van der Waals surface area contributed by atoms with Crippen LogP contribution in [-0.4, -0.2) is 16.0 Å². The largest absolute Gasteiger partial charge is 0.367 e. The minimum absolute atomic E-state index is 0.529. The first-order valence-electron chi connectivity index (χ1n) is 9.07. The third-order valence-corrected chi connectivity index (χ3v) is 5.43. The van der Waals surface area contributed by atoms with Gasteiger partial charge in [-0.15, -0.1) is 0 Å². The van der Waals surface area contributed by atoms with Crippen LogP contribution in [-0.2, 0) is 12.8 Å². The lowest BCUT2D eigenvalue weighted by Gasteiger charge is -2.24. The summed E-state index contributed by atoms with van der Waals surface area (Å²) in [5.41, 5.74) is 3.25. The molecule has 1 aromatic carbocycles. The first-order chi connectivity index (χ1) is 12.2. The molecule has 4 rings (SSSR count). The van der Waals surface area contributed by atoms with E-state index < -0.39 is 0 Å². The molecule has 6 heteroatoms. The highest BCUT2D eigenvalue weighted by Crippen LogP contribution is 2.31. The SMILES string of the molecule is Clc1cc(Cl)cc(Nc2nc3c(c(NC4CCCCC4)n2)CCC3)c1. The van der Waals surface area contributed by atoms with Gasteiger partial charge in [-0.1, -0.05) is 42.5 Å². The number of hydrogen-bond donors (Lipinski definition) is 2. The van der Waals surface area contributed by atoms with E-state index in [1.165, 1.54) is 37.7 Å². The molecule has 4 nitrogen and oxygen atoms in total. The number of nitrogens with one attached hydrogen (secondary N) is 2. The Morgan fingerprint density at radius 3 is 2.40 bits per heavy atom. The Morgan fingerprint density at radius 2 is 1.64 bits per heavy atom. The number of rotatable bonds is 4. The van der Waals surface area contributed by atoms with Crippen LogP contribution in [0.5, 0.6) is 0 Å². The lowest BCUT2D eigenvalue weighted by molar-refractivity contribution is 0.461. The van der Waals surface area contributed by atoms with Crippen LogP contribution in [0.25, 0.3) is 0 Å². The van der Waals surface area contributed by atoms with Crippen LogP contribution in [0, 0.1) is 0 Å². The molecule has 1 heterocycles. The molecule has 1 aromatic heterocycles. The van der Waals surface area contributed by atoms with Gasteiger partial charge in [-0.3, -0.25) is 0 Å². The summed E-state index contributed by atoms with van der Waals surface area (Å²) in [5.74, 6) is 1.61. The fourth-order valence-corrected chi connectivity index (χ4v) is 4.33. The highest BCUT2D eigenvalue weighted by molar-refractivity contribution is 6.35. The van der Waals surface area contributed by atoms with Crippen LogP contribution in [0.1, 0.15) is 49.8 Å². The van der Waals surface area contributed by atoms with E-state index in [1.54, 1.807) is 6.07 Å². The number of hydrogen-bond acceptors (Lipinski definition) is 4. The van der Waals surface area contributed by atoms with Crippen LogP contribution in [0.15, 0.2) is 18.2 Å². The highest BCUT2D eigenvalue weighted by atomic mass is 35.5. The normalized spacial score (nSPS) is 17.4. The average Bonchev–Trinajstić information content (AvgIpc) is 3.03. The minimum Gasteiger partial charge on any atom is -0.367 e. The van der Waals surface area contributed by atoms with Crippen molar-refractivity contribution in [2.24, 2.45) is 0 Å². The molecule has 2 aliphatic rings. The van der Waals surface area contributed by atoms with Crippen LogP contribution >= 0.6 is 23.2 Å². The Balaban J connectivity index is 1.61. The highest BCUT2D eigenvalue weighted by Gasteiger charge is 2.22. The van der Waals surface area contributed by atoms with Crippen LogP contribution in [0.3, 0.4) is 0 Å². The summed E-state index contributed by atoms with van der Waals surface area (Å²) < 4.78 is 0. The van der Waals surface area contributed by atoms with E-state index in [4.69, 9.17) is 33.2 Å². The van der Waals surface area contributed by atoms with Gasteiger partial charge in [0.2, 0.25) is 5.95 Å². The first-order valence-corrected chi connectivity index (χ1v) is 9.82. The van der Waals surface area contributed by atoms with E-state index in [0.717, 1.165) is 36.5 Å². The van der Waals surface area contributed by atoms with Gasteiger partial charge < -0.3 is 10.6 Å². The number of fused-ring (bicyclic) bond motifs is 1. The van der Waals surface area contributed by atoms with Crippen molar-refractivity contribution in [2.75, 3.05) is 10.6 Å². The van der Waals surface area contributed by atoms with Crippen molar-refractivity contribution in [3.05, 3.63) is 39.5 Å². The molecule has 0 unspecified atom stereocenters. The van der Waals surface area contributed by atoms with Gasteiger partial charge in [-0.2, -0.15) is 4.98 Å². The zero-order chi connectivity index (χ0) is 17.2. The molecule has 1 fully saturated rings. The van der Waals surface area contributed by atoms with Crippen molar-refractivity contribution in [3.8, 4) is 0 Å². The molecule has 0 spiro atoms. The van der Waals surface area contributed by atoms with E-state index >= 15 is 0 Å². The minimum atomic E-state index is 0.529. The third-order valence-electron chi connectivity index (χ3n) is 5.00. The summed E-state index contributed by atoms with van der Waals surface area (Å²) in [6, 6.07) is 5.91. The smallest absolute Gasteiger partial charge is 0.229 e.